The molecule has 0 N–H and O–H groups in total. The first-order chi connectivity index (χ1) is 8.47. The lowest BCUT2D eigenvalue weighted by Gasteiger charge is -2.39. The monoisotopic (exact) mass is 253 g/mol. The molecular formula is C15H27NO2. The second-order valence-electron chi connectivity index (χ2n) is 6.91. The van der Waals surface area contributed by atoms with Crippen molar-refractivity contribution >= 4 is 5.78 Å². The highest BCUT2D eigenvalue weighted by Gasteiger charge is 2.35. The fraction of sp³-hybridized carbons (Fsp3) is 0.933. The largest absolute Gasteiger partial charge is 0.379 e. The summed E-state index contributed by atoms with van der Waals surface area (Å²) < 4.78 is 5.36. The summed E-state index contributed by atoms with van der Waals surface area (Å²) >= 11 is 0. The number of rotatable bonds is 2. The van der Waals surface area contributed by atoms with Gasteiger partial charge in [-0.1, -0.05) is 20.8 Å². The fourth-order valence-corrected chi connectivity index (χ4v) is 3.17. The smallest absolute Gasteiger partial charge is 0.137 e. The minimum absolute atomic E-state index is 0.265. The number of carbonyl (C=O) groups excluding carboxylic acids is 1. The Kier molecular flexibility index (Phi) is 4.44. The van der Waals surface area contributed by atoms with Crippen LogP contribution < -0.4 is 0 Å². The molecule has 1 heterocycles. The Morgan fingerprint density at radius 3 is 2.56 bits per heavy atom. The Labute approximate surface area is 111 Å². The van der Waals surface area contributed by atoms with Crippen LogP contribution in [0.2, 0.25) is 0 Å². The zero-order valence-corrected chi connectivity index (χ0v) is 12.1. The number of nitrogens with zero attached hydrogens (tertiary/aromatic N) is 1. The maximum atomic E-state index is 12.1. The van der Waals surface area contributed by atoms with Gasteiger partial charge in [0.05, 0.1) is 13.2 Å². The first kappa shape index (κ1) is 14.0. The highest BCUT2D eigenvalue weighted by molar-refractivity contribution is 5.82. The average molecular weight is 253 g/mol. The summed E-state index contributed by atoms with van der Waals surface area (Å²) in [5.41, 5.74) is 0.337. The molecule has 0 aromatic rings. The molecule has 2 fully saturated rings. The molecule has 3 heteroatoms. The van der Waals surface area contributed by atoms with E-state index in [1.165, 1.54) is 0 Å². The summed E-state index contributed by atoms with van der Waals surface area (Å²) in [6.45, 7) is 11.5. The molecule has 0 aromatic carbocycles. The molecule has 1 saturated carbocycles. The predicted octanol–water partition coefficient (Wildman–Crippen LogP) is 2.35. The van der Waals surface area contributed by atoms with Gasteiger partial charge in [-0.3, -0.25) is 9.69 Å². The van der Waals surface area contributed by atoms with E-state index >= 15 is 0 Å². The fourth-order valence-electron chi connectivity index (χ4n) is 3.17. The van der Waals surface area contributed by atoms with Gasteiger partial charge in [-0.05, 0) is 24.2 Å². The standard InChI is InChI=1S/C15H27NO2/c1-15(2,3)13-4-5-14(17)12(10-13)11-16-6-8-18-9-7-16/h12-13H,4-11H2,1-3H3. The van der Waals surface area contributed by atoms with Gasteiger partial charge < -0.3 is 4.74 Å². The number of ether oxygens (including phenoxy) is 1. The normalized spacial score (nSPS) is 31.6. The van der Waals surface area contributed by atoms with E-state index in [0.29, 0.717) is 17.1 Å². The molecule has 2 aliphatic rings. The van der Waals surface area contributed by atoms with Crippen molar-refractivity contribution in [2.45, 2.75) is 40.0 Å². The minimum atomic E-state index is 0.265. The summed E-state index contributed by atoms with van der Waals surface area (Å²) in [5.74, 6) is 1.45. The Hall–Kier alpha value is -0.410. The molecule has 3 nitrogen and oxygen atoms in total. The number of hydrogen-bond donors (Lipinski definition) is 0. The van der Waals surface area contributed by atoms with Crippen molar-refractivity contribution in [3.8, 4) is 0 Å². The number of ketones is 1. The van der Waals surface area contributed by atoms with Crippen LogP contribution in [0.1, 0.15) is 40.0 Å². The Morgan fingerprint density at radius 1 is 1.28 bits per heavy atom. The highest BCUT2D eigenvalue weighted by Crippen LogP contribution is 2.39. The SMILES string of the molecule is CC(C)(C)C1CCC(=O)C(CN2CCOCC2)C1. The van der Waals surface area contributed by atoms with Crippen LogP contribution in [0.3, 0.4) is 0 Å². The first-order valence-corrected chi connectivity index (χ1v) is 7.29. The molecule has 1 aliphatic carbocycles. The van der Waals surface area contributed by atoms with Gasteiger partial charge in [-0.25, -0.2) is 0 Å². The summed E-state index contributed by atoms with van der Waals surface area (Å²) in [4.78, 5) is 14.5. The zero-order valence-electron chi connectivity index (χ0n) is 12.1. The molecule has 1 saturated heterocycles. The van der Waals surface area contributed by atoms with Crippen LogP contribution in [0.25, 0.3) is 0 Å². The van der Waals surface area contributed by atoms with Gasteiger partial charge in [0.1, 0.15) is 5.78 Å². The minimum Gasteiger partial charge on any atom is -0.379 e. The van der Waals surface area contributed by atoms with E-state index in [1.54, 1.807) is 0 Å². The number of carbonyl (C=O) groups is 1. The maximum absolute atomic E-state index is 12.1. The van der Waals surface area contributed by atoms with Crippen LogP contribution in [-0.2, 0) is 9.53 Å². The third-order valence-electron chi connectivity index (χ3n) is 4.57. The van der Waals surface area contributed by atoms with Crippen molar-refractivity contribution < 1.29 is 9.53 Å². The lowest BCUT2D eigenvalue weighted by molar-refractivity contribution is -0.127. The maximum Gasteiger partial charge on any atom is 0.137 e. The van der Waals surface area contributed by atoms with Crippen molar-refractivity contribution in [2.75, 3.05) is 32.8 Å². The van der Waals surface area contributed by atoms with E-state index in [1.807, 2.05) is 0 Å². The molecule has 2 unspecified atom stereocenters. The van der Waals surface area contributed by atoms with E-state index in [2.05, 4.69) is 25.7 Å². The Bertz CT molecular complexity index is 289. The molecule has 0 spiro atoms. The third-order valence-corrected chi connectivity index (χ3v) is 4.57. The molecule has 104 valence electrons. The zero-order chi connectivity index (χ0) is 13.2. The van der Waals surface area contributed by atoms with Crippen molar-refractivity contribution in [2.24, 2.45) is 17.3 Å². The lowest BCUT2D eigenvalue weighted by Crippen LogP contribution is -2.43. The van der Waals surface area contributed by atoms with Crippen LogP contribution in [0.5, 0.6) is 0 Å². The summed E-state index contributed by atoms with van der Waals surface area (Å²) in [6.07, 6.45) is 2.96. The molecule has 0 amide bonds. The first-order valence-electron chi connectivity index (χ1n) is 7.29. The van der Waals surface area contributed by atoms with E-state index in [0.717, 1.165) is 52.1 Å². The van der Waals surface area contributed by atoms with Gasteiger partial charge in [0, 0.05) is 32.0 Å². The highest BCUT2D eigenvalue weighted by atomic mass is 16.5. The summed E-state index contributed by atoms with van der Waals surface area (Å²) in [7, 11) is 0. The van der Waals surface area contributed by atoms with Crippen molar-refractivity contribution in [1.82, 2.24) is 4.90 Å². The number of Topliss-reactive ketones (excluding diaryl/α,β-unsaturated/α-hetero) is 1. The van der Waals surface area contributed by atoms with Crippen molar-refractivity contribution in [3.05, 3.63) is 0 Å². The Morgan fingerprint density at radius 2 is 1.94 bits per heavy atom. The third kappa shape index (κ3) is 3.55. The Balaban J connectivity index is 1.91. The molecule has 2 atom stereocenters. The van der Waals surface area contributed by atoms with Crippen molar-refractivity contribution in [1.29, 1.82) is 0 Å². The second-order valence-corrected chi connectivity index (χ2v) is 6.91. The van der Waals surface area contributed by atoms with Crippen LogP contribution in [0.4, 0.5) is 0 Å². The van der Waals surface area contributed by atoms with Gasteiger partial charge in [0.2, 0.25) is 0 Å². The van der Waals surface area contributed by atoms with Gasteiger partial charge in [0.15, 0.2) is 0 Å². The molecule has 2 rings (SSSR count). The van der Waals surface area contributed by atoms with E-state index in [9.17, 15) is 4.79 Å². The number of morpholine rings is 1. The number of hydrogen-bond acceptors (Lipinski definition) is 3. The predicted molar refractivity (Wildman–Crippen MR) is 72.6 cm³/mol. The van der Waals surface area contributed by atoms with E-state index < -0.39 is 0 Å². The molecule has 18 heavy (non-hydrogen) atoms. The van der Waals surface area contributed by atoms with Crippen LogP contribution in [-0.4, -0.2) is 43.5 Å². The summed E-state index contributed by atoms with van der Waals surface area (Å²) in [6, 6.07) is 0. The second kappa shape index (κ2) is 5.70. The molecule has 0 aromatic heterocycles. The van der Waals surface area contributed by atoms with Gasteiger partial charge in [-0.15, -0.1) is 0 Å². The summed E-state index contributed by atoms with van der Waals surface area (Å²) in [5, 5.41) is 0. The molecule has 0 bridgehead atoms. The van der Waals surface area contributed by atoms with Crippen LogP contribution in [0, 0.1) is 17.3 Å². The van der Waals surface area contributed by atoms with Crippen LogP contribution >= 0.6 is 0 Å². The van der Waals surface area contributed by atoms with E-state index in [4.69, 9.17) is 4.74 Å². The lowest BCUT2D eigenvalue weighted by atomic mass is 9.68. The average Bonchev–Trinajstić information content (AvgIpc) is 2.32. The van der Waals surface area contributed by atoms with E-state index in [-0.39, 0.29) is 5.92 Å². The topological polar surface area (TPSA) is 29.5 Å². The van der Waals surface area contributed by atoms with Gasteiger partial charge in [-0.2, -0.15) is 0 Å². The van der Waals surface area contributed by atoms with Crippen molar-refractivity contribution in [3.63, 3.8) is 0 Å². The molecule has 1 aliphatic heterocycles. The van der Waals surface area contributed by atoms with Crippen LogP contribution in [0.15, 0.2) is 0 Å². The van der Waals surface area contributed by atoms with Gasteiger partial charge >= 0.3 is 0 Å². The molecular weight excluding hydrogens is 226 g/mol. The quantitative estimate of drug-likeness (QED) is 0.756. The van der Waals surface area contributed by atoms with Gasteiger partial charge in [0.25, 0.3) is 0 Å². The molecule has 0 radical (unpaired) electrons.